The van der Waals surface area contributed by atoms with Crippen LogP contribution in [0.1, 0.15) is 22.5 Å². The number of hydrogen-bond acceptors (Lipinski definition) is 3. The molecule has 102 valence electrons. The lowest BCUT2D eigenvalue weighted by molar-refractivity contribution is 0.0980. The Hall–Kier alpha value is -2.36. The zero-order valence-corrected chi connectivity index (χ0v) is 11.5. The van der Waals surface area contributed by atoms with Crippen molar-refractivity contribution >= 4 is 17.4 Å². The van der Waals surface area contributed by atoms with E-state index in [0.29, 0.717) is 11.5 Å². The summed E-state index contributed by atoms with van der Waals surface area (Å²) in [4.78, 5) is 18.8. The summed E-state index contributed by atoms with van der Waals surface area (Å²) in [7, 11) is 1.80. The van der Waals surface area contributed by atoms with Gasteiger partial charge in [0.2, 0.25) is 0 Å². The van der Waals surface area contributed by atoms with Crippen LogP contribution in [0.25, 0.3) is 0 Å². The molecule has 4 nitrogen and oxygen atoms in total. The van der Waals surface area contributed by atoms with Gasteiger partial charge < -0.3 is 10.2 Å². The topological polar surface area (TPSA) is 45.2 Å². The SMILES string of the molecule is CNc1cccc(C(=O)N2CCCc3ccccc32)n1. The zero-order chi connectivity index (χ0) is 13.9. The van der Waals surface area contributed by atoms with E-state index in [0.717, 1.165) is 25.1 Å². The van der Waals surface area contributed by atoms with Gasteiger partial charge >= 0.3 is 0 Å². The fourth-order valence-electron chi connectivity index (χ4n) is 2.58. The quantitative estimate of drug-likeness (QED) is 0.910. The minimum atomic E-state index is -0.0331. The van der Waals surface area contributed by atoms with Crippen LogP contribution in [-0.4, -0.2) is 24.5 Å². The van der Waals surface area contributed by atoms with Crippen molar-refractivity contribution in [2.24, 2.45) is 0 Å². The first kappa shape index (κ1) is 12.7. The molecule has 1 aromatic heterocycles. The lowest BCUT2D eigenvalue weighted by Crippen LogP contribution is -2.36. The smallest absolute Gasteiger partial charge is 0.276 e. The molecule has 0 saturated heterocycles. The van der Waals surface area contributed by atoms with Crippen LogP contribution in [0, 0.1) is 0 Å². The van der Waals surface area contributed by atoms with E-state index in [9.17, 15) is 4.79 Å². The summed E-state index contributed by atoms with van der Waals surface area (Å²) in [5.41, 5.74) is 2.73. The summed E-state index contributed by atoms with van der Waals surface area (Å²) < 4.78 is 0. The lowest BCUT2D eigenvalue weighted by Gasteiger charge is -2.29. The number of benzene rings is 1. The van der Waals surface area contributed by atoms with E-state index in [1.807, 2.05) is 35.2 Å². The van der Waals surface area contributed by atoms with Crippen molar-refractivity contribution < 1.29 is 4.79 Å². The van der Waals surface area contributed by atoms with Gasteiger partial charge in [-0.05, 0) is 36.6 Å². The second kappa shape index (κ2) is 5.33. The zero-order valence-electron chi connectivity index (χ0n) is 11.5. The molecule has 4 heteroatoms. The monoisotopic (exact) mass is 267 g/mol. The van der Waals surface area contributed by atoms with Crippen molar-refractivity contribution in [1.82, 2.24) is 4.98 Å². The molecule has 1 aromatic carbocycles. The maximum absolute atomic E-state index is 12.7. The van der Waals surface area contributed by atoms with Crippen LogP contribution in [0.3, 0.4) is 0 Å². The van der Waals surface area contributed by atoms with Crippen molar-refractivity contribution in [3.05, 3.63) is 53.7 Å². The molecule has 1 N–H and O–H groups in total. The Morgan fingerprint density at radius 1 is 1.20 bits per heavy atom. The molecular weight excluding hydrogens is 250 g/mol. The average molecular weight is 267 g/mol. The Balaban J connectivity index is 1.95. The fourth-order valence-corrected chi connectivity index (χ4v) is 2.58. The number of fused-ring (bicyclic) bond motifs is 1. The normalized spacial score (nSPS) is 13.8. The molecule has 0 saturated carbocycles. The van der Waals surface area contributed by atoms with E-state index in [2.05, 4.69) is 16.4 Å². The van der Waals surface area contributed by atoms with Gasteiger partial charge in [0.05, 0.1) is 0 Å². The van der Waals surface area contributed by atoms with Crippen molar-refractivity contribution in [1.29, 1.82) is 0 Å². The summed E-state index contributed by atoms with van der Waals surface area (Å²) in [5.74, 6) is 0.676. The Labute approximate surface area is 118 Å². The molecule has 20 heavy (non-hydrogen) atoms. The number of amides is 1. The maximum Gasteiger partial charge on any atom is 0.276 e. The van der Waals surface area contributed by atoms with Crippen molar-refractivity contribution in [2.75, 3.05) is 23.8 Å². The van der Waals surface area contributed by atoms with Crippen molar-refractivity contribution in [2.45, 2.75) is 12.8 Å². The summed E-state index contributed by atoms with van der Waals surface area (Å²) >= 11 is 0. The number of nitrogens with zero attached hydrogens (tertiary/aromatic N) is 2. The lowest BCUT2D eigenvalue weighted by atomic mass is 10.0. The second-order valence-electron chi connectivity index (χ2n) is 4.85. The molecule has 0 aliphatic carbocycles. The number of nitrogens with one attached hydrogen (secondary N) is 1. The first-order valence-corrected chi connectivity index (χ1v) is 6.84. The average Bonchev–Trinajstić information content (AvgIpc) is 2.53. The van der Waals surface area contributed by atoms with E-state index in [1.165, 1.54) is 5.56 Å². The number of anilines is 2. The van der Waals surface area contributed by atoms with Crippen LogP contribution in [0.15, 0.2) is 42.5 Å². The predicted octanol–water partition coefficient (Wildman–Crippen LogP) is 2.72. The highest BCUT2D eigenvalue weighted by Gasteiger charge is 2.24. The molecule has 0 atom stereocenters. The highest BCUT2D eigenvalue weighted by molar-refractivity contribution is 6.05. The van der Waals surface area contributed by atoms with Crippen LogP contribution in [0.5, 0.6) is 0 Å². The van der Waals surface area contributed by atoms with E-state index in [1.54, 1.807) is 13.1 Å². The standard InChI is InChI=1S/C16H17N3O/c1-17-15-10-4-8-13(18-15)16(20)19-11-5-7-12-6-2-3-9-14(12)19/h2-4,6,8-10H,5,7,11H2,1H3,(H,17,18). The number of hydrogen-bond donors (Lipinski definition) is 1. The third-order valence-electron chi connectivity index (χ3n) is 3.58. The third-order valence-corrected chi connectivity index (χ3v) is 3.58. The molecule has 2 aromatic rings. The minimum Gasteiger partial charge on any atom is -0.373 e. The first-order chi connectivity index (χ1) is 9.79. The predicted molar refractivity (Wildman–Crippen MR) is 80.2 cm³/mol. The van der Waals surface area contributed by atoms with E-state index in [-0.39, 0.29) is 5.91 Å². The summed E-state index contributed by atoms with van der Waals surface area (Å²) in [6.07, 6.45) is 2.03. The van der Waals surface area contributed by atoms with Crippen LogP contribution in [0.4, 0.5) is 11.5 Å². The minimum absolute atomic E-state index is 0.0331. The number of aryl methyl sites for hydroxylation is 1. The van der Waals surface area contributed by atoms with Gasteiger partial charge in [-0.1, -0.05) is 24.3 Å². The highest BCUT2D eigenvalue weighted by atomic mass is 16.2. The fraction of sp³-hybridized carbons (Fsp3) is 0.250. The molecule has 0 bridgehead atoms. The van der Waals surface area contributed by atoms with Crippen LogP contribution >= 0.6 is 0 Å². The molecule has 3 rings (SSSR count). The van der Waals surface area contributed by atoms with Gasteiger partial charge in [-0.3, -0.25) is 4.79 Å². The Morgan fingerprint density at radius 3 is 2.90 bits per heavy atom. The van der Waals surface area contributed by atoms with E-state index in [4.69, 9.17) is 0 Å². The van der Waals surface area contributed by atoms with Gasteiger partial charge in [-0.2, -0.15) is 0 Å². The molecule has 0 radical (unpaired) electrons. The Kier molecular flexibility index (Phi) is 3.37. The maximum atomic E-state index is 12.7. The van der Waals surface area contributed by atoms with Crippen molar-refractivity contribution in [3.63, 3.8) is 0 Å². The van der Waals surface area contributed by atoms with Gasteiger partial charge in [0.15, 0.2) is 0 Å². The number of rotatable bonds is 2. The summed E-state index contributed by atoms with van der Waals surface area (Å²) in [5, 5.41) is 2.96. The molecule has 1 aliphatic heterocycles. The van der Waals surface area contributed by atoms with Crippen LogP contribution in [0.2, 0.25) is 0 Å². The van der Waals surface area contributed by atoms with Gasteiger partial charge in [-0.15, -0.1) is 0 Å². The van der Waals surface area contributed by atoms with Crippen LogP contribution < -0.4 is 10.2 Å². The summed E-state index contributed by atoms with van der Waals surface area (Å²) in [6, 6.07) is 13.6. The number of aromatic nitrogens is 1. The van der Waals surface area contributed by atoms with Gasteiger partial charge in [0.25, 0.3) is 5.91 Å². The molecular formula is C16H17N3O. The second-order valence-corrected chi connectivity index (χ2v) is 4.85. The molecule has 2 heterocycles. The third kappa shape index (κ3) is 2.25. The molecule has 0 spiro atoms. The Morgan fingerprint density at radius 2 is 2.05 bits per heavy atom. The molecule has 1 amide bonds. The number of para-hydroxylation sites is 1. The van der Waals surface area contributed by atoms with E-state index >= 15 is 0 Å². The first-order valence-electron chi connectivity index (χ1n) is 6.84. The molecule has 0 unspecified atom stereocenters. The highest BCUT2D eigenvalue weighted by Crippen LogP contribution is 2.27. The van der Waals surface area contributed by atoms with E-state index < -0.39 is 0 Å². The largest absolute Gasteiger partial charge is 0.373 e. The number of carbonyl (C=O) groups is 1. The summed E-state index contributed by atoms with van der Waals surface area (Å²) in [6.45, 7) is 0.751. The Bertz CT molecular complexity index is 639. The van der Waals surface area contributed by atoms with Gasteiger partial charge in [0, 0.05) is 19.3 Å². The van der Waals surface area contributed by atoms with Crippen LogP contribution in [-0.2, 0) is 6.42 Å². The molecule has 1 aliphatic rings. The number of carbonyl (C=O) groups excluding carboxylic acids is 1. The van der Waals surface area contributed by atoms with Crippen molar-refractivity contribution in [3.8, 4) is 0 Å². The van der Waals surface area contributed by atoms with Gasteiger partial charge in [-0.25, -0.2) is 4.98 Å². The number of pyridine rings is 1. The van der Waals surface area contributed by atoms with Gasteiger partial charge in [0.1, 0.15) is 11.5 Å². The molecule has 0 fully saturated rings.